The second kappa shape index (κ2) is 6.91. The molecule has 108 valence electrons. The first-order valence-corrected chi connectivity index (χ1v) is 6.71. The van der Waals surface area contributed by atoms with Crippen LogP contribution in [-0.2, 0) is 16.1 Å². The summed E-state index contributed by atoms with van der Waals surface area (Å²) < 4.78 is 40.6. The van der Waals surface area contributed by atoms with Crippen molar-refractivity contribution in [1.29, 1.82) is 0 Å². The number of likely N-dealkylation sites (N-methyl/N-ethyl adjacent to an activating group) is 1. The Morgan fingerprint density at radius 2 is 2.21 bits per heavy atom. The van der Waals surface area contributed by atoms with Gasteiger partial charge in [-0.1, -0.05) is 6.07 Å². The summed E-state index contributed by atoms with van der Waals surface area (Å²) in [7, 11) is 0. The van der Waals surface area contributed by atoms with Gasteiger partial charge in [0.2, 0.25) is 0 Å². The van der Waals surface area contributed by atoms with Gasteiger partial charge in [-0.3, -0.25) is 4.79 Å². The largest absolute Gasteiger partial charge is 0.411 e. The van der Waals surface area contributed by atoms with E-state index in [1.165, 1.54) is 23.2 Å². The van der Waals surface area contributed by atoms with E-state index in [1.807, 2.05) is 17.5 Å². The second-order valence-corrected chi connectivity index (χ2v) is 5.03. The van der Waals surface area contributed by atoms with Crippen LogP contribution in [-0.4, -0.2) is 36.2 Å². The third-order valence-electron chi connectivity index (χ3n) is 2.46. The zero-order valence-electron chi connectivity index (χ0n) is 10.7. The molecule has 0 saturated heterocycles. The maximum atomic E-state index is 12.0. The van der Waals surface area contributed by atoms with Gasteiger partial charge in [0, 0.05) is 11.4 Å². The zero-order valence-corrected chi connectivity index (χ0v) is 11.6. The van der Waals surface area contributed by atoms with Crippen LogP contribution in [0.25, 0.3) is 0 Å². The Balaban J connectivity index is 2.53. The number of ether oxygens (including phenoxy) is 1. The predicted octanol–water partition coefficient (Wildman–Crippen LogP) is 3.06. The lowest BCUT2D eigenvalue weighted by molar-refractivity contribution is -0.188. The van der Waals surface area contributed by atoms with Gasteiger partial charge in [-0.2, -0.15) is 13.2 Å². The molecule has 3 nitrogen and oxygen atoms in total. The van der Waals surface area contributed by atoms with Crippen LogP contribution in [0, 0.1) is 0 Å². The van der Waals surface area contributed by atoms with Gasteiger partial charge in [-0.15, -0.1) is 11.3 Å². The van der Waals surface area contributed by atoms with E-state index in [0.29, 0.717) is 13.1 Å². The van der Waals surface area contributed by atoms with Crippen LogP contribution >= 0.6 is 11.3 Å². The van der Waals surface area contributed by atoms with Gasteiger partial charge in [0.25, 0.3) is 5.91 Å². The highest BCUT2D eigenvalue weighted by Crippen LogP contribution is 2.17. The molecular weight excluding hydrogens is 279 g/mol. The number of amides is 1. The van der Waals surface area contributed by atoms with Crippen LogP contribution in [0.2, 0.25) is 0 Å². The normalized spacial score (nSPS) is 13.3. The van der Waals surface area contributed by atoms with E-state index >= 15 is 0 Å². The molecule has 0 radical (unpaired) electrons. The molecule has 0 saturated carbocycles. The minimum Gasteiger partial charge on any atom is -0.359 e. The van der Waals surface area contributed by atoms with Crippen molar-refractivity contribution in [1.82, 2.24) is 4.90 Å². The highest BCUT2D eigenvalue weighted by molar-refractivity contribution is 7.09. The maximum Gasteiger partial charge on any atom is 0.411 e. The first-order chi connectivity index (χ1) is 8.83. The summed E-state index contributed by atoms with van der Waals surface area (Å²) in [5, 5.41) is 1.89. The molecule has 7 heteroatoms. The lowest BCUT2D eigenvalue weighted by Crippen LogP contribution is -2.39. The molecule has 0 N–H and O–H groups in total. The summed E-state index contributed by atoms with van der Waals surface area (Å²) in [6.45, 7) is 2.53. The van der Waals surface area contributed by atoms with Crippen molar-refractivity contribution < 1.29 is 22.7 Å². The molecule has 1 aromatic rings. The summed E-state index contributed by atoms with van der Waals surface area (Å²) in [6, 6.07) is 3.74. The Kier molecular flexibility index (Phi) is 5.81. The molecule has 1 atom stereocenters. The molecule has 1 unspecified atom stereocenters. The summed E-state index contributed by atoms with van der Waals surface area (Å²) in [5.41, 5.74) is 0. The van der Waals surface area contributed by atoms with Gasteiger partial charge in [0.15, 0.2) is 0 Å². The maximum absolute atomic E-state index is 12.0. The number of alkyl halides is 3. The molecular formula is C12H16F3NO2S. The highest BCUT2D eigenvalue weighted by Gasteiger charge is 2.30. The number of thiophene rings is 1. The van der Waals surface area contributed by atoms with Gasteiger partial charge in [0.05, 0.1) is 6.54 Å². The molecule has 0 spiro atoms. The monoisotopic (exact) mass is 295 g/mol. The van der Waals surface area contributed by atoms with Crippen LogP contribution < -0.4 is 0 Å². The molecule has 0 aliphatic rings. The lowest BCUT2D eigenvalue weighted by Gasteiger charge is -2.24. The molecule has 0 fully saturated rings. The van der Waals surface area contributed by atoms with Gasteiger partial charge >= 0.3 is 6.18 Å². The van der Waals surface area contributed by atoms with E-state index in [0.717, 1.165) is 4.88 Å². The third kappa shape index (κ3) is 5.61. The van der Waals surface area contributed by atoms with Crippen molar-refractivity contribution in [2.45, 2.75) is 32.7 Å². The Morgan fingerprint density at radius 3 is 2.68 bits per heavy atom. The Hall–Kier alpha value is -1.08. The fourth-order valence-corrected chi connectivity index (χ4v) is 2.20. The van der Waals surface area contributed by atoms with Crippen LogP contribution in [0.4, 0.5) is 13.2 Å². The predicted molar refractivity (Wildman–Crippen MR) is 66.9 cm³/mol. The summed E-state index contributed by atoms with van der Waals surface area (Å²) in [4.78, 5) is 14.4. The standard InChI is InChI=1S/C12H16F3NO2S/c1-3-16(7-10-5-4-6-19-10)11(17)9(2)18-8-12(13,14)15/h4-6,9H,3,7-8H2,1-2H3. The van der Waals surface area contributed by atoms with Crippen molar-refractivity contribution in [2.24, 2.45) is 0 Å². The molecule has 1 aromatic heterocycles. The molecule has 0 aliphatic carbocycles. The van der Waals surface area contributed by atoms with Crippen molar-refractivity contribution in [3.63, 3.8) is 0 Å². The third-order valence-corrected chi connectivity index (χ3v) is 3.33. The lowest BCUT2D eigenvalue weighted by atomic mass is 10.3. The molecule has 19 heavy (non-hydrogen) atoms. The molecule has 1 amide bonds. The average molecular weight is 295 g/mol. The van der Waals surface area contributed by atoms with Crippen molar-refractivity contribution in [3.8, 4) is 0 Å². The first-order valence-electron chi connectivity index (χ1n) is 5.83. The fourth-order valence-electron chi connectivity index (χ4n) is 1.48. The Labute approximate surface area is 114 Å². The molecule has 1 rings (SSSR count). The number of nitrogens with zero attached hydrogens (tertiary/aromatic N) is 1. The molecule has 0 bridgehead atoms. The van der Waals surface area contributed by atoms with Crippen LogP contribution in [0.15, 0.2) is 17.5 Å². The average Bonchev–Trinajstić information content (AvgIpc) is 2.84. The first kappa shape index (κ1) is 16.0. The number of hydrogen-bond acceptors (Lipinski definition) is 3. The number of carbonyl (C=O) groups is 1. The second-order valence-electron chi connectivity index (χ2n) is 4.00. The van der Waals surface area contributed by atoms with Crippen LogP contribution in [0.5, 0.6) is 0 Å². The van der Waals surface area contributed by atoms with E-state index < -0.39 is 24.8 Å². The fraction of sp³-hybridized carbons (Fsp3) is 0.583. The minimum absolute atomic E-state index is 0.396. The highest BCUT2D eigenvalue weighted by atomic mass is 32.1. The quantitative estimate of drug-likeness (QED) is 0.807. The van der Waals surface area contributed by atoms with Gasteiger partial charge < -0.3 is 9.64 Å². The van der Waals surface area contributed by atoms with E-state index in [-0.39, 0.29) is 0 Å². The van der Waals surface area contributed by atoms with E-state index in [1.54, 1.807) is 6.92 Å². The van der Waals surface area contributed by atoms with E-state index in [9.17, 15) is 18.0 Å². The molecule has 0 aliphatic heterocycles. The van der Waals surface area contributed by atoms with Crippen molar-refractivity contribution in [3.05, 3.63) is 22.4 Å². The van der Waals surface area contributed by atoms with E-state index in [2.05, 4.69) is 4.74 Å². The topological polar surface area (TPSA) is 29.5 Å². The number of hydrogen-bond donors (Lipinski definition) is 0. The van der Waals surface area contributed by atoms with Gasteiger partial charge in [-0.25, -0.2) is 0 Å². The van der Waals surface area contributed by atoms with Gasteiger partial charge in [-0.05, 0) is 25.3 Å². The summed E-state index contributed by atoms with van der Waals surface area (Å²) in [6.07, 6.45) is -5.51. The Bertz CT molecular complexity index is 392. The number of halogens is 3. The number of carbonyl (C=O) groups excluding carboxylic acids is 1. The summed E-state index contributed by atoms with van der Waals surface area (Å²) >= 11 is 1.50. The van der Waals surface area contributed by atoms with Crippen LogP contribution in [0.1, 0.15) is 18.7 Å². The SMILES string of the molecule is CCN(Cc1cccs1)C(=O)C(C)OCC(F)(F)F. The number of rotatable bonds is 6. The van der Waals surface area contributed by atoms with Crippen molar-refractivity contribution in [2.75, 3.05) is 13.2 Å². The molecule has 1 heterocycles. The van der Waals surface area contributed by atoms with Crippen LogP contribution in [0.3, 0.4) is 0 Å². The van der Waals surface area contributed by atoms with E-state index in [4.69, 9.17) is 0 Å². The smallest absolute Gasteiger partial charge is 0.359 e. The summed E-state index contributed by atoms with van der Waals surface area (Å²) in [5.74, 6) is -0.430. The van der Waals surface area contributed by atoms with Gasteiger partial charge in [0.1, 0.15) is 12.7 Å². The molecule has 0 aromatic carbocycles. The Morgan fingerprint density at radius 1 is 1.53 bits per heavy atom. The van der Waals surface area contributed by atoms with Crippen molar-refractivity contribution >= 4 is 17.2 Å². The minimum atomic E-state index is -4.42. The zero-order chi connectivity index (χ0) is 14.5.